The summed E-state index contributed by atoms with van der Waals surface area (Å²) in [4.78, 5) is 40.4. The fraction of sp³-hybridized carbons (Fsp3) is 0.318. The number of anilines is 1. The topological polar surface area (TPSA) is 69.7 Å². The van der Waals surface area contributed by atoms with E-state index in [0.717, 1.165) is 12.1 Å². The van der Waals surface area contributed by atoms with Gasteiger partial charge < -0.3 is 15.1 Å². The highest BCUT2D eigenvalue weighted by atomic mass is 19.1. The monoisotopic (exact) mass is 415 g/mol. The summed E-state index contributed by atoms with van der Waals surface area (Å²) in [5.41, 5.74) is 0.652. The molecule has 2 aromatic rings. The number of nitrogens with one attached hydrogen (secondary N) is 1. The van der Waals surface area contributed by atoms with Crippen molar-refractivity contribution in [3.63, 3.8) is 0 Å². The second kappa shape index (κ2) is 9.02. The van der Waals surface area contributed by atoms with Crippen molar-refractivity contribution in [2.24, 2.45) is 5.92 Å². The molecule has 3 rings (SSSR count). The molecule has 158 valence electrons. The van der Waals surface area contributed by atoms with Crippen molar-refractivity contribution in [3.8, 4) is 0 Å². The summed E-state index contributed by atoms with van der Waals surface area (Å²) in [5.74, 6) is -2.95. The molecule has 0 spiro atoms. The summed E-state index contributed by atoms with van der Waals surface area (Å²) in [7, 11) is 3.27. The van der Waals surface area contributed by atoms with E-state index in [2.05, 4.69) is 5.32 Å². The minimum Gasteiger partial charge on any atom is -0.345 e. The quantitative estimate of drug-likeness (QED) is 0.834. The largest absolute Gasteiger partial charge is 0.345 e. The average Bonchev–Trinajstić information content (AvgIpc) is 2.73. The van der Waals surface area contributed by atoms with Crippen LogP contribution in [0.5, 0.6) is 0 Å². The maximum Gasteiger partial charge on any atom is 0.256 e. The van der Waals surface area contributed by atoms with Crippen LogP contribution in [0.4, 0.5) is 14.5 Å². The van der Waals surface area contributed by atoms with E-state index in [1.807, 2.05) is 0 Å². The Kier molecular flexibility index (Phi) is 6.44. The predicted molar refractivity (Wildman–Crippen MR) is 108 cm³/mol. The zero-order valence-electron chi connectivity index (χ0n) is 16.8. The number of hydrogen-bond donors (Lipinski definition) is 1. The molecule has 2 aromatic carbocycles. The van der Waals surface area contributed by atoms with Crippen molar-refractivity contribution in [1.82, 2.24) is 9.80 Å². The highest BCUT2D eigenvalue weighted by molar-refractivity contribution is 6.04. The van der Waals surface area contributed by atoms with Gasteiger partial charge in [-0.15, -0.1) is 0 Å². The van der Waals surface area contributed by atoms with Gasteiger partial charge in [0.15, 0.2) is 0 Å². The van der Waals surface area contributed by atoms with E-state index >= 15 is 0 Å². The first-order chi connectivity index (χ1) is 14.3. The first-order valence-corrected chi connectivity index (χ1v) is 9.63. The molecule has 3 amide bonds. The normalized spacial score (nSPS) is 14.3. The third kappa shape index (κ3) is 4.64. The van der Waals surface area contributed by atoms with E-state index in [9.17, 15) is 23.2 Å². The van der Waals surface area contributed by atoms with Crippen molar-refractivity contribution in [3.05, 3.63) is 65.2 Å². The molecule has 0 aromatic heterocycles. The Morgan fingerprint density at radius 2 is 1.67 bits per heavy atom. The Bertz CT molecular complexity index is 970. The van der Waals surface area contributed by atoms with Crippen LogP contribution in [0.1, 0.15) is 33.6 Å². The number of hydrogen-bond acceptors (Lipinski definition) is 3. The van der Waals surface area contributed by atoms with Gasteiger partial charge in [0.2, 0.25) is 5.91 Å². The molecule has 1 N–H and O–H groups in total. The number of amides is 3. The highest BCUT2D eigenvalue weighted by Gasteiger charge is 2.29. The number of carbonyl (C=O) groups excluding carboxylic acids is 3. The third-order valence-corrected chi connectivity index (χ3v) is 5.14. The minimum atomic E-state index is -0.901. The third-order valence-electron chi connectivity index (χ3n) is 5.14. The van der Waals surface area contributed by atoms with Crippen LogP contribution in [0.2, 0.25) is 0 Å². The lowest BCUT2D eigenvalue weighted by atomic mass is 9.95. The van der Waals surface area contributed by atoms with E-state index in [-0.39, 0.29) is 36.4 Å². The Balaban J connectivity index is 1.62. The Labute approximate surface area is 173 Å². The van der Waals surface area contributed by atoms with E-state index in [1.54, 1.807) is 38.4 Å². The Morgan fingerprint density at radius 3 is 2.30 bits per heavy atom. The molecule has 0 radical (unpaired) electrons. The molecule has 0 bridgehead atoms. The molecule has 1 saturated heterocycles. The summed E-state index contributed by atoms with van der Waals surface area (Å²) in [6, 6.07) is 9.64. The van der Waals surface area contributed by atoms with Crippen LogP contribution in [-0.4, -0.2) is 54.7 Å². The average molecular weight is 415 g/mol. The van der Waals surface area contributed by atoms with Gasteiger partial charge in [-0.1, -0.05) is 12.1 Å². The maximum atomic E-state index is 13.9. The Morgan fingerprint density at radius 1 is 1.00 bits per heavy atom. The number of likely N-dealkylation sites (tertiary alicyclic amines) is 1. The molecule has 1 fully saturated rings. The summed E-state index contributed by atoms with van der Waals surface area (Å²) >= 11 is 0. The predicted octanol–water partition coefficient (Wildman–Crippen LogP) is 3.16. The summed E-state index contributed by atoms with van der Waals surface area (Å²) in [5, 5.41) is 2.82. The van der Waals surface area contributed by atoms with Crippen LogP contribution in [0, 0.1) is 17.6 Å². The van der Waals surface area contributed by atoms with Crippen molar-refractivity contribution in [2.45, 2.75) is 12.8 Å². The molecule has 1 aliphatic heterocycles. The molecule has 0 saturated carbocycles. The molecule has 0 atom stereocenters. The number of rotatable bonds is 4. The summed E-state index contributed by atoms with van der Waals surface area (Å²) in [6.07, 6.45) is 0.814. The molecule has 6 nitrogen and oxygen atoms in total. The fourth-order valence-electron chi connectivity index (χ4n) is 3.43. The molecule has 1 aliphatic rings. The van der Waals surface area contributed by atoms with Crippen LogP contribution in [0.3, 0.4) is 0 Å². The molecule has 0 aliphatic carbocycles. The van der Waals surface area contributed by atoms with Crippen LogP contribution in [0.15, 0.2) is 42.5 Å². The lowest BCUT2D eigenvalue weighted by Crippen LogP contribution is -2.41. The fourth-order valence-corrected chi connectivity index (χ4v) is 3.43. The van der Waals surface area contributed by atoms with Gasteiger partial charge in [0.05, 0.1) is 16.8 Å². The molecule has 0 unspecified atom stereocenters. The zero-order valence-corrected chi connectivity index (χ0v) is 16.8. The summed E-state index contributed by atoms with van der Waals surface area (Å²) in [6.45, 7) is 0.567. The van der Waals surface area contributed by atoms with E-state index in [4.69, 9.17) is 0 Å². The molecule has 1 heterocycles. The number of halogens is 2. The lowest BCUT2D eigenvalue weighted by Gasteiger charge is -2.31. The smallest absolute Gasteiger partial charge is 0.256 e. The van der Waals surface area contributed by atoms with Crippen LogP contribution >= 0.6 is 0 Å². The zero-order chi connectivity index (χ0) is 21.8. The lowest BCUT2D eigenvalue weighted by molar-refractivity contribution is -0.121. The number of para-hydroxylation sites is 1. The first-order valence-electron chi connectivity index (χ1n) is 9.63. The van der Waals surface area contributed by atoms with E-state index in [0.29, 0.717) is 30.2 Å². The van der Waals surface area contributed by atoms with Gasteiger partial charge in [0.1, 0.15) is 11.6 Å². The minimum absolute atomic E-state index is 0.185. The van der Waals surface area contributed by atoms with Gasteiger partial charge in [-0.05, 0) is 37.1 Å². The number of carbonyl (C=O) groups is 3. The Hall–Kier alpha value is -3.29. The van der Waals surface area contributed by atoms with Crippen molar-refractivity contribution < 1.29 is 23.2 Å². The molecule has 8 heteroatoms. The standard InChI is InChI=1S/C22H23F2N3O3/c1-26(2)21(29)17-5-3-4-6-19(17)25-20(28)14-9-11-27(12-10-14)22(30)16-8-7-15(23)13-18(16)24/h3-8,13-14H,9-12H2,1-2H3,(H,25,28). The number of nitrogens with zero attached hydrogens (tertiary/aromatic N) is 2. The van der Waals surface area contributed by atoms with E-state index < -0.39 is 17.5 Å². The van der Waals surface area contributed by atoms with Crippen molar-refractivity contribution in [1.29, 1.82) is 0 Å². The number of piperidine rings is 1. The van der Waals surface area contributed by atoms with Gasteiger partial charge in [-0.2, -0.15) is 0 Å². The number of benzene rings is 2. The second-order valence-electron chi connectivity index (χ2n) is 7.43. The molecular weight excluding hydrogens is 392 g/mol. The first kappa shape index (κ1) is 21.4. The van der Waals surface area contributed by atoms with Crippen molar-refractivity contribution >= 4 is 23.4 Å². The van der Waals surface area contributed by atoms with Crippen LogP contribution < -0.4 is 5.32 Å². The van der Waals surface area contributed by atoms with Crippen LogP contribution in [-0.2, 0) is 4.79 Å². The van der Waals surface area contributed by atoms with Crippen LogP contribution in [0.25, 0.3) is 0 Å². The SMILES string of the molecule is CN(C)C(=O)c1ccccc1NC(=O)C1CCN(C(=O)c2ccc(F)cc2F)CC1. The molecule has 30 heavy (non-hydrogen) atoms. The second-order valence-corrected chi connectivity index (χ2v) is 7.43. The van der Waals surface area contributed by atoms with Gasteiger partial charge in [-0.25, -0.2) is 8.78 Å². The van der Waals surface area contributed by atoms with Gasteiger partial charge in [0.25, 0.3) is 11.8 Å². The maximum absolute atomic E-state index is 13.9. The van der Waals surface area contributed by atoms with Crippen molar-refractivity contribution in [2.75, 3.05) is 32.5 Å². The summed E-state index contributed by atoms with van der Waals surface area (Å²) < 4.78 is 26.9. The van der Waals surface area contributed by atoms with Gasteiger partial charge in [-0.3, -0.25) is 14.4 Å². The molecular formula is C22H23F2N3O3. The highest BCUT2D eigenvalue weighted by Crippen LogP contribution is 2.23. The van der Waals surface area contributed by atoms with Gasteiger partial charge in [0, 0.05) is 39.2 Å². The van der Waals surface area contributed by atoms with Gasteiger partial charge >= 0.3 is 0 Å². The van der Waals surface area contributed by atoms with E-state index in [1.165, 1.54) is 9.80 Å².